The molecule has 1 unspecified atom stereocenters. The van der Waals surface area contributed by atoms with E-state index in [4.69, 9.17) is 35.9 Å². The molecule has 0 saturated heterocycles. The molecule has 8 nitrogen and oxygen atoms in total. The minimum Gasteiger partial charge on any atom is -0.490 e. The number of hydrogen-bond donors (Lipinski definition) is 1. The van der Waals surface area contributed by atoms with Crippen LogP contribution >= 0.6 is 23.4 Å². The molecule has 1 saturated carbocycles. The highest BCUT2D eigenvalue weighted by atomic mass is 35.5. The molecule has 0 bridgehead atoms. The predicted molar refractivity (Wildman–Crippen MR) is 171 cm³/mol. The van der Waals surface area contributed by atoms with Crippen molar-refractivity contribution >= 4 is 35.3 Å². The number of hydrogen-bond acceptors (Lipinski definition) is 8. The number of carbonyl (C=O) groups excluding carboxylic acids is 1. The Labute approximate surface area is 263 Å². The average molecular weight is 625 g/mol. The summed E-state index contributed by atoms with van der Waals surface area (Å²) in [5.41, 5.74) is 3.06. The van der Waals surface area contributed by atoms with E-state index in [1.54, 1.807) is 4.68 Å². The lowest BCUT2D eigenvalue weighted by atomic mass is 9.94. The summed E-state index contributed by atoms with van der Waals surface area (Å²) in [7, 11) is 0. The maximum absolute atomic E-state index is 13.9. The van der Waals surface area contributed by atoms with E-state index in [1.807, 2.05) is 56.3 Å². The van der Waals surface area contributed by atoms with Gasteiger partial charge in [-0.05, 0) is 81.2 Å². The molecule has 43 heavy (non-hydrogen) atoms. The van der Waals surface area contributed by atoms with Gasteiger partial charge in [-0.25, -0.2) is 9.48 Å². The normalized spacial score (nSPS) is 17.0. The molecule has 2 heterocycles. The quantitative estimate of drug-likeness (QED) is 0.159. The van der Waals surface area contributed by atoms with Gasteiger partial charge in [-0.3, -0.25) is 0 Å². The van der Waals surface area contributed by atoms with Gasteiger partial charge >= 0.3 is 5.97 Å². The van der Waals surface area contributed by atoms with Crippen LogP contribution in [0.1, 0.15) is 83.4 Å². The molecule has 2 aromatic carbocycles. The summed E-state index contributed by atoms with van der Waals surface area (Å²) >= 11 is 7.89. The molecule has 1 aliphatic heterocycles. The van der Waals surface area contributed by atoms with Crippen LogP contribution in [-0.4, -0.2) is 40.1 Å². The molecule has 2 aliphatic rings. The summed E-state index contributed by atoms with van der Waals surface area (Å²) < 4.78 is 20.0. The molecule has 10 heteroatoms. The van der Waals surface area contributed by atoms with Gasteiger partial charge in [-0.15, -0.1) is 5.10 Å². The molecular weight excluding hydrogens is 584 g/mol. The van der Waals surface area contributed by atoms with Crippen molar-refractivity contribution in [3.63, 3.8) is 0 Å². The smallest absolute Gasteiger partial charge is 0.338 e. The lowest BCUT2D eigenvalue weighted by Gasteiger charge is -2.30. The van der Waals surface area contributed by atoms with Gasteiger partial charge in [0, 0.05) is 16.5 Å². The maximum Gasteiger partial charge on any atom is 0.338 e. The number of ether oxygens (including phenoxy) is 3. The fourth-order valence-corrected chi connectivity index (χ4v) is 6.52. The first-order valence-electron chi connectivity index (χ1n) is 15.2. The Bertz CT molecular complexity index is 1450. The lowest BCUT2D eigenvalue weighted by molar-refractivity contribution is -0.146. The number of carbonyl (C=O) groups is 1. The van der Waals surface area contributed by atoms with Crippen LogP contribution in [0.25, 0.3) is 0 Å². The van der Waals surface area contributed by atoms with Gasteiger partial charge in [0.05, 0.1) is 18.8 Å². The number of benzene rings is 2. The maximum atomic E-state index is 13.9. The second kappa shape index (κ2) is 14.5. The first kappa shape index (κ1) is 31.3. The standard InChI is InChI=1S/C33H41ClN4O4S/c1-5-40-28-19-23(15-16-27(28)41-18-17-21(2)3)30-29(31(39)42-25-12-7-6-8-13-25)22(4)35-32-36-33(37-38(30)32)43-20-24-11-9-10-14-26(24)34/h9-11,14-16,19,21,25,30H,5-8,12-13,17-18,20H2,1-4H3,(H,35,36,37). The Morgan fingerprint density at radius 3 is 2.65 bits per heavy atom. The summed E-state index contributed by atoms with van der Waals surface area (Å²) in [5, 5.41) is 9.50. The van der Waals surface area contributed by atoms with Gasteiger partial charge in [0.15, 0.2) is 11.5 Å². The Balaban J connectivity index is 1.49. The van der Waals surface area contributed by atoms with Crippen LogP contribution in [0.2, 0.25) is 5.02 Å². The lowest BCUT2D eigenvalue weighted by Crippen LogP contribution is -2.32. The topological polar surface area (TPSA) is 87.5 Å². The van der Waals surface area contributed by atoms with E-state index in [0.717, 1.165) is 43.2 Å². The SMILES string of the molecule is CCOc1cc(C2C(C(=O)OC3CCCCC3)=C(C)Nc3nc(SCc4ccccc4Cl)nn32)ccc1OCCC(C)C. The summed E-state index contributed by atoms with van der Waals surface area (Å²) in [6.45, 7) is 9.27. The molecule has 1 fully saturated rings. The number of nitrogens with one attached hydrogen (secondary N) is 1. The molecule has 1 aromatic heterocycles. The molecule has 0 spiro atoms. The fraction of sp³-hybridized carbons (Fsp3) is 0.485. The summed E-state index contributed by atoms with van der Waals surface area (Å²) in [5.74, 6) is 2.70. The number of aromatic nitrogens is 3. The zero-order valence-electron chi connectivity index (χ0n) is 25.4. The van der Waals surface area contributed by atoms with Gasteiger partial charge in [-0.2, -0.15) is 4.98 Å². The van der Waals surface area contributed by atoms with Crippen molar-refractivity contribution in [3.05, 3.63) is 69.9 Å². The van der Waals surface area contributed by atoms with Crippen LogP contribution in [0, 0.1) is 5.92 Å². The van der Waals surface area contributed by atoms with Gasteiger partial charge in [0.25, 0.3) is 0 Å². The van der Waals surface area contributed by atoms with Gasteiger partial charge in [0.1, 0.15) is 12.1 Å². The molecule has 5 rings (SSSR count). The number of allylic oxidation sites excluding steroid dienone is 1. The Kier molecular flexibility index (Phi) is 10.6. The average Bonchev–Trinajstić information content (AvgIpc) is 3.39. The third-order valence-electron chi connectivity index (χ3n) is 7.73. The van der Waals surface area contributed by atoms with Crippen LogP contribution in [0.3, 0.4) is 0 Å². The van der Waals surface area contributed by atoms with Crippen molar-refractivity contribution in [2.75, 3.05) is 18.5 Å². The number of fused-ring (bicyclic) bond motifs is 1. The third kappa shape index (κ3) is 7.68. The number of halogens is 1. The summed E-state index contributed by atoms with van der Waals surface area (Å²) in [4.78, 5) is 18.6. The van der Waals surface area contributed by atoms with Crippen molar-refractivity contribution in [1.82, 2.24) is 14.8 Å². The predicted octanol–water partition coefficient (Wildman–Crippen LogP) is 8.21. The van der Waals surface area contributed by atoms with Crippen molar-refractivity contribution < 1.29 is 19.0 Å². The first-order valence-corrected chi connectivity index (χ1v) is 16.6. The highest BCUT2D eigenvalue weighted by Gasteiger charge is 2.37. The molecule has 0 amide bonds. The number of anilines is 1. The Morgan fingerprint density at radius 1 is 1.12 bits per heavy atom. The molecule has 1 N–H and O–H groups in total. The van der Waals surface area contributed by atoms with Gasteiger partial charge in [0.2, 0.25) is 11.1 Å². The van der Waals surface area contributed by atoms with E-state index in [1.165, 1.54) is 18.2 Å². The second-order valence-electron chi connectivity index (χ2n) is 11.4. The zero-order chi connectivity index (χ0) is 30.3. The number of rotatable bonds is 12. The zero-order valence-corrected chi connectivity index (χ0v) is 27.0. The van der Waals surface area contributed by atoms with Crippen LogP contribution < -0.4 is 14.8 Å². The van der Waals surface area contributed by atoms with Crippen molar-refractivity contribution in [3.8, 4) is 11.5 Å². The highest BCUT2D eigenvalue weighted by molar-refractivity contribution is 7.98. The van der Waals surface area contributed by atoms with E-state index in [-0.39, 0.29) is 12.1 Å². The number of thioether (sulfide) groups is 1. The fourth-order valence-electron chi connectivity index (χ4n) is 5.41. The van der Waals surface area contributed by atoms with E-state index in [0.29, 0.717) is 63.8 Å². The first-order chi connectivity index (χ1) is 20.8. The molecule has 1 atom stereocenters. The van der Waals surface area contributed by atoms with E-state index < -0.39 is 6.04 Å². The highest BCUT2D eigenvalue weighted by Crippen LogP contribution is 2.41. The van der Waals surface area contributed by atoms with Crippen molar-refractivity contribution in [2.45, 2.75) is 89.3 Å². The van der Waals surface area contributed by atoms with Crippen molar-refractivity contribution in [2.24, 2.45) is 5.92 Å². The monoisotopic (exact) mass is 624 g/mol. The molecule has 0 radical (unpaired) electrons. The van der Waals surface area contributed by atoms with E-state index in [9.17, 15) is 4.79 Å². The minimum atomic E-state index is -0.557. The largest absolute Gasteiger partial charge is 0.490 e. The number of nitrogens with zero attached hydrogens (tertiary/aromatic N) is 3. The summed E-state index contributed by atoms with van der Waals surface area (Å²) in [6.07, 6.45) is 5.99. The summed E-state index contributed by atoms with van der Waals surface area (Å²) in [6, 6.07) is 13.1. The van der Waals surface area contributed by atoms with Crippen molar-refractivity contribution in [1.29, 1.82) is 0 Å². The van der Waals surface area contributed by atoms with E-state index in [2.05, 4.69) is 19.2 Å². The minimum absolute atomic E-state index is 0.0724. The molecular formula is C33H41ClN4O4S. The van der Waals surface area contributed by atoms with Crippen LogP contribution in [0.4, 0.5) is 5.95 Å². The van der Waals surface area contributed by atoms with Gasteiger partial charge in [-0.1, -0.05) is 67.9 Å². The second-order valence-corrected chi connectivity index (χ2v) is 12.8. The Hall–Kier alpha value is -3.17. The number of esters is 1. The molecule has 3 aromatic rings. The Morgan fingerprint density at radius 2 is 1.91 bits per heavy atom. The van der Waals surface area contributed by atoms with E-state index >= 15 is 0 Å². The van der Waals surface area contributed by atoms with Crippen LogP contribution in [0.5, 0.6) is 11.5 Å². The van der Waals surface area contributed by atoms with Gasteiger partial charge < -0.3 is 19.5 Å². The van der Waals surface area contributed by atoms with Crippen LogP contribution in [0.15, 0.2) is 58.9 Å². The molecule has 230 valence electrons. The van der Waals surface area contributed by atoms with Crippen LogP contribution in [-0.2, 0) is 15.3 Å². The molecule has 1 aliphatic carbocycles. The third-order valence-corrected chi connectivity index (χ3v) is 8.98.